The zero-order valence-corrected chi connectivity index (χ0v) is 14.7. The Morgan fingerprint density at radius 2 is 1.83 bits per heavy atom. The van der Waals surface area contributed by atoms with E-state index in [4.69, 9.17) is 0 Å². The molecule has 24 heavy (non-hydrogen) atoms. The second-order valence-corrected chi connectivity index (χ2v) is 7.83. The second-order valence-electron chi connectivity index (χ2n) is 7.83. The lowest BCUT2D eigenvalue weighted by Gasteiger charge is -2.33. The number of aliphatic carboxylic acids is 1. The largest absolute Gasteiger partial charge is 0.481 e. The zero-order chi connectivity index (χ0) is 18.1. The molecule has 0 radical (unpaired) electrons. The molecule has 1 fully saturated rings. The first-order chi connectivity index (χ1) is 11.1. The van der Waals surface area contributed by atoms with Gasteiger partial charge in [-0.1, -0.05) is 51.1 Å². The third kappa shape index (κ3) is 3.61. The smallest absolute Gasteiger partial charge is 0.307 e. The van der Waals surface area contributed by atoms with Crippen molar-refractivity contribution in [3.8, 4) is 0 Å². The van der Waals surface area contributed by atoms with Crippen LogP contribution in [0.3, 0.4) is 0 Å². The molecule has 5 nitrogen and oxygen atoms in total. The van der Waals surface area contributed by atoms with Crippen LogP contribution >= 0.6 is 0 Å². The molecule has 3 N–H and O–H groups in total. The SMILES string of the molecule is CC(O)C(C)(CNC(=O)[C@@H]1[C@H](C(=O)O)C1(C)C)Cc1ccccc1. The van der Waals surface area contributed by atoms with Crippen molar-refractivity contribution >= 4 is 11.9 Å². The molecule has 1 amide bonds. The number of aliphatic hydroxyl groups is 1. The lowest BCUT2D eigenvalue weighted by atomic mass is 9.79. The molecular formula is C19H27NO4. The minimum Gasteiger partial charge on any atom is -0.481 e. The Hall–Kier alpha value is -1.88. The first kappa shape index (κ1) is 18.5. The van der Waals surface area contributed by atoms with Crippen molar-refractivity contribution in [3.63, 3.8) is 0 Å². The quantitative estimate of drug-likeness (QED) is 0.713. The first-order valence-corrected chi connectivity index (χ1v) is 8.32. The van der Waals surface area contributed by atoms with E-state index in [-0.39, 0.29) is 5.91 Å². The molecule has 0 saturated heterocycles. The summed E-state index contributed by atoms with van der Waals surface area (Å²) in [5.74, 6) is -2.32. The van der Waals surface area contributed by atoms with Gasteiger partial charge in [0.25, 0.3) is 0 Å². The summed E-state index contributed by atoms with van der Waals surface area (Å²) in [5, 5.41) is 22.3. The molecule has 2 rings (SSSR count). The van der Waals surface area contributed by atoms with Gasteiger partial charge in [-0.2, -0.15) is 0 Å². The van der Waals surface area contributed by atoms with Gasteiger partial charge in [-0.3, -0.25) is 9.59 Å². The van der Waals surface area contributed by atoms with E-state index in [2.05, 4.69) is 5.32 Å². The molecule has 132 valence electrons. The van der Waals surface area contributed by atoms with Crippen LogP contribution in [0.25, 0.3) is 0 Å². The van der Waals surface area contributed by atoms with Crippen LogP contribution in [0.4, 0.5) is 0 Å². The maximum Gasteiger partial charge on any atom is 0.307 e. The third-order valence-corrected chi connectivity index (χ3v) is 5.50. The van der Waals surface area contributed by atoms with E-state index in [0.717, 1.165) is 5.56 Å². The lowest BCUT2D eigenvalue weighted by molar-refractivity contribution is -0.140. The van der Waals surface area contributed by atoms with Gasteiger partial charge in [0.05, 0.1) is 17.9 Å². The highest BCUT2D eigenvalue weighted by atomic mass is 16.4. The summed E-state index contributed by atoms with van der Waals surface area (Å²) in [6.45, 7) is 7.55. The highest BCUT2D eigenvalue weighted by molar-refractivity contribution is 5.91. The monoisotopic (exact) mass is 333 g/mol. The number of carboxylic acid groups (broad SMARTS) is 1. The molecule has 0 aliphatic heterocycles. The molecule has 0 spiro atoms. The van der Waals surface area contributed by atoms with Crippen LogP contribution in [0.5, 0.6) is 0 Å². The van der Waals surface area contributed by atoms with Gasteiger partial charge in [0.2, 0.25) is 5.91 Å². The molecule has 1 aromatic rings. The maximum atomic E-state index is 12.4. The number of benzene rings is 1. The van der Waals surface area contributed by atoms with Crippen molar-refractivity contribution in [1.29, 1.82) is 0 Å². The molecule has 1 saturated carbocycles. The average molecular weight is 333 g/mol. The van der Waals surface area contributed by atoms with Gasteiger partial charge in [-0.05, 0) is 24.3 Å². The van der Waals surface area contributed by atoms with Crippen LogP contribution in [0.2, 0.25) is 0 Å². The van der Waals surface area contributed by atoms with Crippen LogP contribution in [-0.4, -0.2) is 34.7 Å². The molecular weight excluding hydrogens is 306 g/mol. The number of nitrogens with one attached hydrogen (secondary N) is 1. The van der Waals surface area contributed by atoms with Crippen molar-refractivity contribution in [1.82, 2.24) is 5.32 Å². The number of carbonyl (C=O) groups excluding carboxylic acids is 1. The predicted molar refractivity (Wildman–Crippen MR) is 91.3 cm³/mol. The van der Waals surface area contributed by atoms with E-state index in [0.29, 0.717) is 13.0 Å². The molecule has 1 aliphatic rings. The Morgan fingerprint density at radius 1 is 1.25 bits per heavy atom. The van der Waals surface area contributed by atoms with Gasteiger partial charge in [-0.25, -0.2) is 0 Å². The van der Waals surface area contributed by atoms with Crippen molar-refractivity contribution < 1.29 is 19.8 Å². The summed E-state index contributed by atoms with van der Waals surface area (Å²) in [6, 6.07) is 9.81. The number of carbonyl (C=O) groups is 2. The standard InChI is InChI=1S/C19H27NO4/c1-12(21)19(4,10-13-8-6-5-7-9-13)11-20-16(22)14-15(17(23)24)18(14,2)3/h5-9,12,14-15,21H,10-11H2,1-4H3,(H,20,22)(H,23,24)/t12?,14-,15+,19?/m0/s1. The van der Waals surface area contributed by atoms with Crippen molar-refractivity contribution in [2.24, 2.45) is 22.7 Å². The topological polar surface area (TPSA) is 86.6 Å². The summed E-state index contributed by atoms with van der Waals surface area (Å²) in [6.07, 6.45) is 0.0165. The van der Waals surface area contributed by atoms with E-state index in [1.54, 1.807) is 20.8 Å². The second kappa shape index (κ2) is 6.55. The number of rotatable bonds is 7. The van der Waals surface area contributed by atoms with Crippen molar-refractivity contribution in [3.05, 3.63) is 35.9 Å². The molecule has 0 aromatic heterocycles. The maximum absolute atomic E-state index is 12.4. The highest BCUT2D eigenvalue weighted by Crippen LogP contribution is 2.58. The minimum atomic E-state index is -0.928. The molecule has 0 bridgehead atoms. The molecule has 4 atom stereocenters. The van der Waals surface area contributed by atoms with E-state index in [9.17, 15) is 19.8 Å². The number of carboxylic acids is 1. The van der Waals surface area contributed by atoms with Gasteiger partial charge in [0.15, 0.2) is 0 Å². The average Bonchev–Trinajstić information content (AvgIpc) is 3.09. The van der Waals surface area contributed by atoms with Gasteiger partial charge in [-0.15, -0.1) is 0 Å². The molecule has 1 aliphatic carbocycles. The normalized spacial score (nSPS) is 25.4. The summed E-state index contributed by atoms with van der Waals surface area (Å²) in [5.41, 5.74) is 0.0519. The van der Waals surface area contributed by atoms with E-state index in [1.165, 1.54) is 0 Å². The van der Waals surface area contributed by atoms with E-state index < -0.39 is 34.7 Å². The number of hydrogen-bond donors (Lipinski definition) is 3. The molecule has 1 aromatic carbocycles. The van der Waals surface area contributed by atoms with Crippen LogP contribution in [0, 0.1) is 22.7 Å². The Morgan fingerprint density at radius 3 is 2.29 bits per heavy atom. The summed E-state index contributed by atoms with van der Waals surface area (Å²) in [7, 11) is 0. The highest BCUT2D eigenvalue weighted by Gasteiger charge is 2.65. The summed E-state index contributed by atoms with van der Waals surface area (Å²) >= 11 is 0. The zero-order valence-electron chi connectivity index (χ0n) is 14.7. The Bertz CT molecular complexity index is 611. The van der Waals surface area contributed by atoms with E-state index >= 15 is 0 Å². The number of hydrogen-bond acceptors (Lipinski definition) is 3. The summed E-state index contributed by atoms with van der Waals surface area (Å²) < 4.78 is 0. The fraction of sp³-hybridized carbons (Fsp3) is 0.579. The molecule has 5 heteroatoms. The van der Waals surface area contributed by atoms with Crippen LogP contribution in [0.15, 0.2) is 30.3 Å². The van der Waals surface area contributed by atoms with Gasteiger partial charge in [0.1, 0.15) is 0 Å². The van der Waals surface area contributed by atoms with Crippen LogP contribution in [-0.2, 0) is 16.0 Å². The number of aliphatic hydroxyl groups excluding tert-OH is 1. The minimum absolute atomic E-state index is 0.243. The summed E-state index contributed by atoms with van der Waals surface area (Å²) in [4.78, 5) is 23.6. The van der Waals surface area contributed by atoms with Gasteiger partial charge in [0, 0.05) is 12.0 Å². The van der Waals surface area contributed by atoms with Crippen LogP contribution in [0.1, 0.15) is 33.3 Å². The van der Waals surface area contributed by atoms with Gasteiger partial charge >= 0.3 is 5.97 Å². The Labute approximate surface area is 143 Å². The Balaban J connectivity index is 2.02. The predicted octanol–water partition coefficient (Wildman–Crippen LogP) is 2.09. The first-order valence-electron chi connectivity index (χ1n) is 8.32. The van der Waals surface area contributed by atoms with Gasteiger partial charge < -0.3 is 15.5 Å². The Kier molecular flexibility index (Phi) is 5.04. The van der Waals surface area contributed by atoms with E-state index in [1.807, 2.05) is 37.3 Å². The fourth-order valence-electron chi connectivity index (χ4n) is 3.41. The van der Waals surface area contributed by atoms with Crippen LogP contribution < -0.4 is 5.32 Å². The third-order valence-electron chi connectivity index (χ3n) is 5.50. The molecule has 2 unspecified atom stereocenters. The molecule has 0 heterocycles. The lowest BCUT2D eigenvalue weighted by Crippen LogP contribution is -2.44. The number of amides is 1. The van der Waals surface area contributed by atoms with Crippen molar-refractivity contribution in [2.45, 2.75) is 40.2 Å². The van der Waals surface area contributed by atoms with Crippen molar-refractivity contribution in [2.75, 3.05) is 6.54 Å². The fourth-order valence-corrected chi connectivity index (χ4v) is 3.41.